The number of carbonyl (C=O) groups is 1. The van der Waals surface area contributed by atoms with Gasteiger partial charge in [0.15, 0.2) is 5.78 Å². The highest BCUT2D eigenvalue weighted by Gasteiger charge is 2.01. The van der Waals surface area contributed by atoms with Crippen LogP contribution in [0.1, 0.15) is 24.2 Å². The van der Waals surface area contributed by atoms with Gasteiger partial charge in [-0.25, -0.2) is 0 Å². The van der Waals surface area contributed by atoms with E-state index in [1.54, 1.807) is 12.1 Å². The molecule has 1 aromatic heterocycles. The number of hydrogen-bond donors (Lipinski definition) is 0. The van der Waals surface area contributed by atoms with Crippen LogP contribution in [0.5, 0.6) is 0 Å². The molecule has 0 aliphatic heterocycles. The first-order valence-corrected chi connectivity index (χ1v) is 3.95. The maximum absolute atomic E-state index is 11.3. The third-order valence-electron chi connectivity index (χ3n) is 1.44. The SMILES string of the molecule is CC(C)/C=C\C(=O)c1ccoc1. The minimum Gasteiger partial charge on any atom is -0.472 e. The zero-order valence-corrected chi connectivity index (χ0v) is 7.28. The summed E-state index contributed by atoms with van der Waals surface area (Å²) in [4.78, 5) is 11.3. The third-order valence-corrected chi connectivity index (χ3v) is 1.44. The molecule has 2 nitrogen and oxygen atoms in total. The number of hydrogen-bond acceptors (Lipinski definition) is 2. The molecule has 0 aliphatic rings. The van der Waals surface area contributed by atoms with Crippen molar-refractivity contribution in [3.63, 3.8) is 0 Å². The van der Waals surface area contributed by atoms with Crippen molar-refractivity contribution in [2.24, 2.45) is 5.92 Å². The first-order chi connectivity index (χ1) is 5.70. The van der Waals surface area contributed by atoms with Crippen molar-refractivity contribution in [3.8, 4) is 0 Å². The lowest BCUT2D eigenvalue weighted by Gasteiger charge is -1.91. The first-order valence-electron chi connectivity index (χ1n) is 3.95. The normalized spacial score (nSPS) is 11.2. The molecule has 0 bridgehead atoms. The Balaban J connectivity index is 2.62. The molecule has 1 aromatic rings. The Bertz CT molecular complexity index is 268. The Morgan fingerprint density at radius 2 is 2.33 bits per heavy atom. The average Bonchev–Trinajstić information content (AvgIpc) is 2.51. The number of rotatable bonds is 3. The highest BCUT2D eigenvalue weighted by Crippen LogP contribution is 2.03. The number of allylic oxidation sites excluding steroid dienone is 2. The van der Waals surface area contributed by atoms with Gasteiger partial charge >= 0.3 is 0 Å². The van der Waals surface area contributed by atoms with E-state index in [2.05, 4.69) is 0 Å². The molecule has 0 radical (unpaired) electrons. The van der Waals surface area contributed by atoms with Gasteiger partial charge < -0.3 is 4.42 Å². The van der Waals surface area contributed by atoms with Crippen molar-refractivity contribution in [1.29, 1.82) is 0 Å². The third kappa shape index (κ3) is 2.38. The lowest BCUT2D eigenvalue weighted by molar-refractivity contribution is 0.104. The van der Waals surface area contributed by atoms with Crippen molar-refractivity contribution in [2.45, 2.75) is 13.8 Å². The predicted molar refractivity (Wildman–Crippen MR) is 47.0 cm³/mol. The maximum atomic E-state index is 11.3. The van der Waals surface area contributed by atoms with Crippen LogP contribution >= 0.6 is 0 Å². The first kappa shape index (κ1) is 8.78. The van der Waals surface area contributed by atoms with Gasteiger partial charge in [0.2, 0.25) is 0 Å². The van der Waals surface area contributed by atoms with Crippen molar-refractivity contribution in [1.82, 2.24) is 0 Å². The minimum atomic E-state index is -0.00236. The van der Waals surface area contributed by atoms with Gasteiger partial charge in [-0.2, -0.15) is 0 Å². The smallest absolute Gasteiger partial charge is 0.188 e. The van der Waals surface area contributed by atoms with E-state index < -0.39 is 0 Å². The van der Waals surface area contributed by atoms with Crippen LogP contribution in [0.3, 0.4) is 0 Å². The molecular weight excluding hydrogens is 152 g/mol. The quantitative estimate of drug-likeness (QED) is 0.508. The van der Waals surface area contributed by atoms with E-state index in [9.17, 15) is 4.79 Å². The summed E-state index contributed by atoms with van der Waals surface area (Å²) >= 11 is 0. The second-order valence-corrected chi connectivity index (χ2v) is 2.98. The molecule has 0 saturated heterocycles. The topological polar surface area (TPSA) is 30.2 Å². The summed E-state index contributed by atoms with van der Waals surface area (Å²) < 4.78 is 4.79. The highest BCUT2D eigenvalue weighted by atomic mass is 16.3. The second kappa shape index (κ2) is 3.90. The molecule has 0 aromatic carbocycles. The zero-order chi connectivity index (χ0) is 8.97. The molecule has 0 N–H and O–H groups in total. The maximum Gasteiger partial charge on any atom is 0.188 e. The van der Waals surface area contributed by atoms with Gasteiger partial charge in [0.1, 0.15) is 6.26 Å². The molecule has 0 unspecified atom stereocenters. The van der Waals surface area contributed by atoms with Gasteiger partial charge in [-0.3, -0.25) is 4.79 Å². The standard InChI is InChI=1S/C10H12O2/c1-8(2)3-4-10(11)9-5-6-12-7-9/h3-8H,1-2H3/b4-3-. The van der Waals surface area contributed by atoms with E-state index in [0.29, 0.717) is 11.5 Å². The molecule has 0 aliphatic carbocycles. The van der Waals surface area contributed by atoms with Crippen LogP contribution < -0.4 is 0 Å². The van der Waals surface area contributed by atoms with Gasteiger partial charge in [-0.05, 0) is 18.1 Å². The summed E-state index contributed by atoms with van der Waals surface area (Å²) in [7, 11) is 0. The lowest BCUT2D eigenvalue weighted by Crippen LogP contribution is -1.91. The molecule has 0 saturated carbocycles. The molecule has 1 heterocycles. The molecule has 0 amide bonds. The summed E-state index contributed by atoms with van der Waals surface area (Å²) in [6, 6.07) is 1.66. The second-order valence-electron chi connectivity index (χ2n) is 2.98. The summed E-state index contributed by atoms with van der Waals surface area (Å²) in [5.41, 5.74) is 0.604. The summed E-state index contributed by atoms with van der Waals surface area (Å²) in [6.45, 7) is 4.05. The lowest BCUT2D eigenvalue weighted by atomic mass is 10.1. The highest BCUT2D eigenvalue weighted by molar-refractivity contribution is 6.04. The van der Waals surface area contributed by atoms with Crippen LogP contribution in [0.2, 0.25) is 0 Å². The van der Waals surface area contributed by atoms with Gasteiger partial charge in [0.25, 0.3) is 0 Å². The molecule has 0 spiro atoms. The molecular formula is C10H12O2. The van der Waals surface area contributed by atoms with E-state index in [1.807, 2.05) is 19.9 Å². The summed E-state index contributed by atoms with van der Waals surface area (Å²) in [6.07, 6.45) is 6.40. The fourth-order valence-electron chi connectivity index (χ4n) is 0.781. The van der Waals surface area contributed by atoms with Crippen molar-refractivity contribution in [2.75, 3.05) is 0 Å². The summed E-state index contributed by atoms with van der Waals surface area (Å²) in [5.74, 6) is 0.401. The van der Waals surface area contributed by atoms with E-state index in [0.717, 1.165) is 0 Å². The Morgan fingerprint density at radius 1 is 1.58 bits per heavy atom. The molecule has 64 valence electrons. The molecule has 2 heteroatoms. The van der Waals surface area contributed by atoms with Crippen LogP contribution in [0.25, 0.3) is 0 Å². The molecule has 12 heavy (non-hydrogen) atoms. The van der Waals surface area contributed by atoms with E-state index in [1.165, 1.54) is 12.5 Å². The molecule has 1 rings (SSSR count). The number of carbonyl (C=O) groups excluding carboxylic acids is 1. The Hall–Kier alpha value is -1.31. The molecule has 0 atom stereocenters. The fraction of sp³-hybridized carbons (Fsp3) is 0.300. The van der Waals surface area contributed by atoms with E-state index >= 15 is 0 Å². The monoisotopic (exact) mass is 164 g/mol. The van der Waals surface area contributed by atoms with Crippen LogP contribution in [-0.4, -0.2) is 5.78 Å². The van der Waals surface area contributed by atoms with Gasteiger partial charge in [0.05, 0.1) is 11.8 Å². The Kier molecular flexibility index (Phi) is 2.86. The number of ketones is 1. The Labute approximate surface area is 71.9 Å². The molecule has 0 fully saturated rings. The minimum absolute atomic E-state index is 0.00236. The van der Waals surface area contributed by atoms with Gasteiger partial charge in [-0.1, -0.05) is 19.9 Å². The fourth-order valence-corrected chi connectivity index (χ4v) is 0.781. The predicted octanol–water partition coefficient (Wildman–Crippen LogP) is 2.67. The summed E-state index contributed by atoms with van der Waals surface area (Å²) in [5, 5.41) is 0. The largest absolute Gasteiger partial charge is 0.472 e. The van der Waals surface area contributed by atoms with Gasteiger partial charge in [0, 0.05) is 0 Å². The van der Waals surface area contributed by atoms with Crippen LogP contribution in [0.4, 0.5) is 0 Å². The number of furan rings is 1. The Morgan fingerprint density at radius 3 is 2.83 bits per heavy atom. The van der Waals surface area contributed by atoms with Crippen molar-refractivity contribution < 1.29 is 9.21 Å². The van der Waals surface area contributed by atoms with E-state index in [4.69, 9.17) is 4.42 Å². The van der Waals surface area contributed by atoms with Crippen LogP contribution in [0, 0.1) is 5.92 Å². The van der Waals surface area contributed by atoms with Gasteiger partial charge in [-0.15, -0.1) is 0 Å². The zero-order valence-electron chi connectivity index (χ0n) is 7.28. The van der Waals surface area contributed by atoms with Crippen LogP contribution in [0.15, 0.2) is 35.2 Å². The van der Waals surface area contributed by atoms with Crippen molar-refractivity contribution in [3.05, 3.63) is 36.3 Å². The van der Waals surface area contributed by atoms with Crippen molar-refractivity contribution >= 4 is 5.78 Å². The van der Waals surface area contributed by atoms with E-state index in [-0.39, 0.29) is 5.78 Å². The average molecular weight is 164 g/mol. The van der Waals surface area contributed by atoms with Crippen LogP contribution in [-0.2, 0) is 0 Å².